The van der Waals surface area contributed by atoms with Gasteiger partial charge in [-0.2, -0.15) is 0 Å². The van der Waals surface area contributed by atoms with Crippen molar-refractivity contribution in [2.24, 2.45) is 5.73 Å². The highest BCUT2D eigenvalue weighted by Crippen LogP contribution is 2.28. The van der Waals surface area contributed by atoms with Gasteiger partial charge in [0.25, 0.3) is 10.0 Å². The van der Waals surface area contributed by atoms with Crippen molar-refractivity contribution >= 4 is 21.6 Å². The van der Waals surface area contributed by atoms with Gasteiger partial charge in [-0.05, 0) is 55.5 Å². The van der Waals surface area contributed by atoms with Crippen molar-refractivity contribution in [3.8, 4) is 17.1 Å². The fourth-order valence-electron chi connectivity index (χ4n) is 2.82. The molecule has 29 heavy (non-hydrogen) atoms. The lowest BCUT2D eigenvalue weighted by Crippen LogP contribution is -2.16. The van der Waals surface area contributed by atoms with Crippen LogP contribution < -0.4 is 15.2 Å². The number of sulfonamides is 1. The maximum Gasteiger partial charge on any atom is 0.261 e. The zero-order valence-electron chi connectivity index (χ0n) is 15.7. The number of nitrogens with one attached hydrogen (secondary N) is 1. The summed E-state index contributed by atoms with van der Waals surface area (Å²) in [5, 5.41) is 0. The number of furan rings is 1. The number of carbonyl (C=O) groups is 1. The van der Waals surface area contributed by atoms with E-state index >= 15 is 0 Å². The van der Waals surface area contributed by atoms with E-state index in [9.17, 15) is 17.6 Å². The van der Waals surface area contributed by atoms with Gasteiger partial charge in [-0.15, -0.1) is 0 Å². The molecule has 0 saturated carbocycles. The summed E-state index contributed by atoms with van der Waals surface area (Å²) in [7, 11) is -2.65. The molecule has 0 atom stereocenters. The lowest BCUT2D eigenvalue weighted by atomic mass is 10.1. The molecule has 3 N–H and O–H groups in total. The minimum absolute atomic E-state index is 0.120. The number of anilines is 1. The van der Waals surface area contributed by atoms with E-state index in [1.165, 1.54) is 37.4 Å². The minimum atomic E-state index is -4.07. The molecule has 7 nitrogen and oxygen atoms in total. The molecule has 0 bridgehead atoms. The Morgan fingerprint density at radius 3 is 2.52 bits per heavy atom. The molecular weight excluding hydrogens is 399 g/mol. The Hall–Kier alpha value is -3.33. The van der Waals surface area contributed by atoms with Crippen molar-refractivity contribution in [1.29, 1.82) is 0 Å². The highest BCUT2D eigenvalue weighted by molar-refractivity contribution is 7.92. The van der Waals surface area contributed by atoms with E-state index < -0.39 is 21.7 Å². The van der Waals surface area contributed by atoms with Gasteiger partial charge in [0, 0.05) is 11.3 Å². The SMILES string of the molecule is COc1ccc(NS(=O)(=O)c2ccc(-c3ccc(C)o3)c(F)c2)cc1CC(N)=O. The number of hydrogen-bond donors (Lipinski definition) is 2. The first kappa shape index (κ1) is 20.4. The first-order chi connectivity index (χ1) is 13.7. The largest absolute Gasteiger partial charge is 0.496 e. The van der Waals surface area contributed by atoms with E-state index in [1.807, 2.05) is 0 Å². The Kier molecular flexibility index (Phi) is 5.60. The van der Waals surface area contributed by atoms with Crippen molar-refractivity contribution in [2.45, 2.75) is 18.2 Å². The predicted octanol–water partition coefficient (Wildman–Crippen LogP) is 3.23. The Morgan fingerprint density at radius 2 is 1.93 bits per heavy atom. The van der Waals surface area contributed by atoms with Crippen LogP contribution in [-0.4, -0.2) is 21.4 Å². The maximum atomic E-state index is 14.5. The molecule has 0 aliphatic heterocycles. The molecular formula is C20H19FN2O5S. The van der Waals surface area contributed by atoms with Crippen molar-refractivity contribution in [3.05, 3.63) is 65.7 Å². The molecule has 0 aliphatic rings. The van der Waals surface area contributed by atoms with E-state index in [2.05, 4.69) is 4.72 Å². The monoisotopic (exact) mass is 418 g/mol. The van der Waals surface area contributed by atoms with E-state index in [-0.39, 0.29) is 22.6 Å². The predicted molar refractivity (Wildman–Crippen MR) is 106 cm³/mol. The van der Waals surface area contributed by atoms with Gasteiger partial charge in [-0.25, -0.2) is 12.8 Å². The van der Waals surface area contributed by atoms with Gasteiger partial charge in [0.05, 0.1) is 24.0 Å². The van der Waals surface area contributed by atoms with Crippen LogP contribution in [0.4, 0.5) is 10.1 Å². The quantitative estimate of drug-likeness (QED) is 0.612. The van der Waals surface area contributed by atoms with Crippen LogP contribution in [0.25, 0.3) is 11.3 Å². The molecule has 3 aromatic rings. The smallest absolute Gasteiger partial charge is 0.261 e. The summed E-state index contributed by atoms with van der Waals surface area (Å²) >= 11 is 0. The number of nitrogens with two attached hydrogens (primary N) is 1. The summed E-state index contributed by atoms with van der Waals surface area (Å²) in [6, 6.07) is 11.3. The molecule has 0 spiro atoms. The molecule has 0 fully saturated rings. The van der Waals surface area contributed by atoms with E-state index in [1.54, 1.807) is 19.1 Å². The summed E-state index contributed by atoms with van der Waals surface area (Å²) < 4.78 is 52.7. The van der Waals surface area contributed by atoms with E-state index in [0.717, 1.165) is 6.07 Å². The van der Waals surface area contributed by atoms with E-state index in [4.69, 9.17) is 14.9 Å². The molecule has 1 aromatic heterocycles. The molecule has 2 aromatic carbocycles. The number of ether oxygens (including phenoxy) is 1. The zero-order valence-corrected chi connectivity index (χ0v) is 16.5. The fraction of sp³-hybridized carbons (Fsp3) is 0.150. The Bertz CT molecular complexity index is 1170. The number of aryl methyl sites for hydroxylation is 1. The number of primary amides is 1. The molecule has 9 heteroatoms. The number of amides is 1. The molecule has 1 heterocycles. The fourth-order valence-corrected chi connectivity index (χ4v) is 3.89. The van der Waals surface area contributed by atoms with Crippen LogP contribution in [0.3, 0.4) is 0 Å². The average molecular weight is 418 g/mol. The third-order valence-electron chi connectivity index (χ3n) is 4.15. The highest BCUT2D eigenvalue weighted by atomic mass is 32.2. The lowest BCUT2D eigenvalue weighted by Gasteiger charge is -2.12. The van der Waals surface area contributed by atoms with Gasteiger partial charge < -0.3 is 14.9 Å². The van der Waals surface area contributed by atoms with Crippen LogP contribution in [-0.2, 0) is 21.2 Å². The molecule has 0 saturated heterocycles. The average Bonchev–Trinajstić information content (AvgIpc) is 3.07. The Balaban J connectivity index is 1.90. The third kappa shape index (κ3) is 4.57. The summed E-state index contributed by atoms with van der Waals surface area (Å²) in [6.07, 6.45) is -0.120. The molecule has 3 rings (SSSR count). The highest BCUT2D eigenvalue weighted by Gasteiger charge is 2.19. The minimum Gasteiger partial charge on any atom is -0.496 e. The van der Waals surface area contributed by atoms with Crippen LogP contribution in [0.1, 0.15) is 11.3 Å². The Morgan fingerprint density at radius 1 is 1.17 bits per heavy atom. The van der Waals surface area contributed by atoms with Crippen molar-refractivity contribution in [3.63, 3.8) is 0 Å². The zero-order chi connectivity index (χ0) is 21.2. The van der Waals surface area contributed by atoms with Gasteiger partial charge in [0.2, 0.25) is 5.91 Å². The van der Waals surface area contributed by atoms with Gasteiger partial charge in [0.15, 0.2) is 0 Å². The number of halogens is 1. The second kappa shape index (κ2) is 7.96. The topological polar surface area (TPSA) is 112 Å². The van der Waals surface area contributed by atoms with Crippen molar-refractivity contribution in [2.75, 3.05) is 11.8 Å². The molecule has 0 aliphatic carbocycles. The summed E-state index contributed by atoms with van der Waals surface area (Å²) in [5.74, 6) is 0.00332. The van der Waals surface area contributed by atoms with Gasteiger partial charge in [0.1, 0.15) is 23.1 Å². The molecule has 0 radical (unpaired) electrons. The summed E-state index contributed by atoms with van der Waals surface area (Å²) in [5.41, 5.74) is 5.99. The van der Waals surface area contributed by atoms with Gasteiger partial charge in [-0.3, -0.25) is 9.52 Å². The van der Waals surface area contributed by atoms with E-state index in [0.29, 0.717) is 22.8 Å². The number of rotatable bonds is 7. The second-order valence-electron chi connectivity index (χ2n) is 6.33. The van der Waals surface area contributed by atoms with Gasteiger partial charge in [-0.1, -0.05) is 0 Å². The maximum absolute atomic E-state index is 14.5. The summed E-state index contributed by atoms with van der Waals surface area (Å²) in [6.45, 7) is 1.73. The normalized spacial score (nSPS) is 11.3. The second-order valence-corrected chi connectivity index (χ2v) is 8.01. The van der Waals surface area contributed by atoms with Gasteiger partial charge >= 0.3 is 0 Å². The number of methoxy groups -OCH3 is 1. The lowest BCUT2D eigenvalue weighted by molar-refractivity contribution is -0.117. The number of carbonyl (C=O) groups excluding carboxylic acids is 1. The Labute approximate surface area is 167 Å². The summed E-state index contributed by atoms with van der Waals surface area (Å²) in [4.78, 5) is 11.0. The number of benzene rings is 2. The van der Waals surface area contributed by atoms with Crippen LogP contribution >= 0.6 is 0 Å². The van der Waals surface area contributed by atoms with Crippen molar-refractivity contribution < 1.29 is 26.8 Å². The van der Waals surface area contributed by atoms with Crippen LogP contribution in [0.15, 0.2) is 57.8 Å². The van der Waals surface area contributed by atoms with Crippen LogP contribution in [0.5, 0.6) is 5.75 Å². The first-order valence-electron chi connectivity index (χ1n) is 8.54. The number of hydrogen-bond acceptors (Lipinski definition) is 5. The molecule has 0 unspecified atom stereocenters. The van der Waals surface area contributed by atoms with Crippen molar-refractivity contribution in [1.82, 2.24) is 0 Å². The molecule has 152 valence electrons. The van der Waals surface area contributed by atoms with Crippen LogP contribution in [0, 0.1) is 12.7 Å². The molecule has 1 amide bonds. The first-order valence-corrected chi connectivity index (χ1v) is 10.0. The van der Waals surface area contributed by atoms with Crippen LogP contribution in [0.2, 0.25) is 0 Å². The standard InChI is InChI=1S/C20H19FN2O5S/c1-12-3-7-19(28-12)16-6-5-15(11-17(16)21)29(25,26)23-14-4-8-18(27-2)13(9-14)10-20(22)24/h3-9,11,23H,10H2,1-2H3,(H2,22,24). The third-order valence-corrected chi connectivity index (χ3v) is 5.53.